The molecule has 0 spiro atoms. The van der Waals surface area contributed by atoms with E-state index in [2.05, 4.69) is 10.3 Å². The zero-order chi connectivity index (χ0) is 13.1. The number of anilines is 2. The summed E-state index contributed by atoms with van der Waals surface area (Å²) in [6.45, 7) is 0. The van der Waals surface area contributed by atoms with Gasteiger partial charge in [-0.3, -0.25) is 4.79 Å². The highest BCUT2D eigenvalue weighted by Crippen LogP contribution is 2.11. The fraction of sp³-hybridized carbons (Fsp3) is 0. The molecule has 0 fully saturated rings. The molecule has 2 rings (SSSR count). The second-order valence-corrected chi connectivity index (χ2v) is 3.56. The quantitative estimate of drug-likeness (QED) is 0.857. The fourth-order valence-electron chi connectivity index (χ4n) is 1.31. The van der Waals surface area contributed by atoms with Crippen LogP contribution in [0.15, 0.2) is 36.5 Å². The molecule has 0 aliphatic heterocycles. The Hall–Kier alpha value is -2.50. The van der Waals surface area contributed by atoms with Gasteiger partial charge in [-0.05, 0) is 30.3 Å². The standard InChI is InChI=1S/C12H9F2N3O/c13-9-3-1-7(5-10(9)14)12(18)17-11-4-2-8(15)6-16-11/h1-6H,15H2,(H,16,17,18). The molecule has 0 unspecified atom stereocenters. The number of benzene rings is 1. The first-order valence-corrected chi connectivity index (χ1v) is 5.04. The molecule has 4 nitrogen and oxygen atoms in total. The number of amides is 1. The average Bonchev–Trinajstić information content (AvgIpc) is 2.35. The topological polar surface area (TPSA) is 68.0 Å². The first kappa shape index (κ1) is 12.0. The molecular weight excluding hydrogens is 240 g/mol. The highest BCUT2D eigenvalue weighted by atomic mass is 19.2. The number of hydrogen-bond donors (Lipinski definition) is 2. The molecule has 1 heterocycles. The Kier molecular flexibility index (Phi) is 3.18. The van der Waals surface area contributed by atoms with Gasteiger partial charge in [0.05, 0.1) is 11.9 Å². The lowest BCUT2D eigenvalue weighted by Crippen LogP contribution is -2.13. The van der Waals surface area contributed by atoms with E-state index in [9.17, 15) is 13.6 Å². The smallest absolute Gasteiger partial charge is 0.256 e. The SMILES string of the molecule is Nc1ccc(NC(=O)c2ccc(F)c(F)c2)nc1. The van der Waals surface area contributed by atoms with Gasteiger partial charge in [0.1, 0.15) is 5.82 Å². The van der Waals surface area contributed by atoms with Gasteiger partial charge in [-0.2, -0.15) is 0 Å². The van der Waals surface area contributed by atoms with Crippen LogP contribution in [-0.4, -0.2) is 10.9 Å². The maximum absolute atomic E-state index is 12.9. The molecule has 0 bridgehead atoms. The third-order valence-electron chi connectivity index (χ3n) is 2.21. The van der Waals surface area contributed by atoms with E-state index in [4.69, 9.17) is 5.73 Å². The number of halogens is 2. The predicted molar refractivity (Wildman–Crippen MR) is 63.0 cm³/mol. The second kappa shape index (κ2) is 4.79. The van der Waals surface area contributed by atoms with Crippen LogP contribution < -0.4 is 11.1 Å². The van der Waals surface area contributed by atoms with E-state index in [1.165, 1.54) is 18.3 Å². The Morgan fingerprint density at radius 1 is 1.17 bits per heavy atom. The van der Waals surface area contributed by atoms with Crippen LogP contribution in [0, 0.1) is 11.6 Å². The van der Waals surface area contributed by atoms with E-state index in [-0.39, 0.29) is 11.4 Å². The van der Waals surface area contributed by atoms with E-state index < -0.39 is 17.5 Å². The van der Waals surface area contributed by atoms with Crippen molar-refractivity contribution in [3.8, 4) is 0 Å². The van der Waals surface area contributed by atoms with Crippen molar-refractivity contribution in [2.45, 2.75) is 0 Å². The molecule has 0 aliphatic rings. The number of rotatable bonds is 2. The first-order chi connectivity index (χ1) is 8.56. The van der Waals surface area contributed by atoms with Crippen molar-refractivity contribution < 1.29 is 13.6 Å². The summed E-state index contributed by atoms with van der Waals surface area (Å²) in [4.78, 5) is 15.6. The maximum Gasteiger partial charge on any atom is 0.256 e. The first-order valence-electron chi connectivity index (χ1n) is 5.04. The van der Waals surface area contributed by atoms with Gasteiger partial charge in [0.2, 0.25) is 0 Å². The van der Waals surface area contributed by atoms with Gasteiger partial charge in [-0.1, -0.05) is 0 Å². The second-order valence-electron chi connectivity index (χ2n) is 3.56. The molecule has 0 aliphatic carbocycles. The van der Waals surface area contributed by atoms with Crippen LogP contribution in [0.5, 0.6) is 0 Å². The van der Waals surface area contributed by atoms with Crippen LogP contribution in [0.2, 0.25) is 0 Å². The van der Waals surface area contributed by atoms with Crippen LogP contribution in [-0.2, 0) is 0 Å². The molecule has 1 aromatic carbocycles. The minimum Gasteiger partial charge on any atom is -0.397 e. The molecule has 3 N–H and O–H groups in total. The minimum atomic E-state index is -1.08. The Labute approximate surface area is 101 Å². The van der Waals surface area contributed by atoms with Crippen LogP contribution in [0.25, 0.3) is 0 Å². The summed E-state index contributed by atoms with van der Waals surface area (Å²) in [5.41, 5.74) is 5.90. The lowest BCUT2D eigenvalue weighted by Gasteiger charge is -2.04. The molecule has 92 valence electrons. The Morgan fingerprint density at radius 2 is 1.94 bits per heavy atom. The van der Waals surface area contributed by atoms with E-state index in [0.717, 1.165) is 12.1 Å². The van der Waals surface area contributed by atoms with Gasteiger partial charge in [0.25, 0.3) is 5.91 Å². The number of nitrogens with two attached hydrogens (primary N) is 1. The summed E-state index contributed by atoms with van der Waals surface area (Å²) in [5.74, 6) is -2.38. The third-order valence-corrected chi connectivity index (χ3v) is 2.21. The number of pyridine rings is 1. The van der Waals surface area contributed by atoms with Gasteiger partial charge in [-0.15, -0.1) is 0 Å². The van der Waals surface area contributed by atoms with Crippen LogP contribution >= 0.6 is 0 Å². The van der Waals surface area contributed by atoms with Crippen molar-refractivity contribution in [2.75, 3.05) is 11.1 Å². The summed E-state index contributed by atoms with van der Waals surface area (Å²) in [6, 6.07) is 5.97. The zero-order valence-electron chi connectivity index (χ0n) is 9.15. The molecular formula is C12H9F2N3O. The molecule has 0 atom stereocenters. The highest BCUT2D eigenvalue weighted by molar-refractivity contribution is 6.03. The van der Waals surface area contributed by atoms with Crippen molar-refractivity contribution in [1.82, 2.24) is 4.98 Å². The molecule has 0 saturated carbocycles. The number of carbonyl (C=O) groups is 1. The number of nitrogens with one attached hydrogen (secondary N) is 1. The average molecular weight is 249 g/mol. The molecule has 0 radical (unpaired) electrons. The molecule has 18 heavy (non-hydrogen) atoms. The van der Waals surface area contributed by atoms with Gasteiger partial charge in [0, 0.05) is 5.56 Å². The van der Waals surface area contributed by atoms with Crippen molar-refractivity contribution in [2.24, 2.45) is 0 Å². The molecule has 1 aromatic heterocycles. The zero-order valence-corrected chi connectivity index (χ0v) is 9.15. The van der Waals surface area contributed by atoms with Crippen molar-refractivity contribution in [3.63, 3.8) is 0 Å². The normalized spacial score (nSPS) is 10.1. The Balaban J connectivity index is 2.16. The van der Waals surface area contributed by atoms with E-state index in [1.54, 1.807) is 6.07 Å². The van der Waals surface area contributed by atoms with Gasteiger partial charge >= 0.3 is 0 Å². The van der Waals surface area contributed by atoms with Crippen molar-refractivity contribution in [3.05, 3.63) is 53.7 Å². The lowest BCUT2D eigenvalue weighted by atomic mass is 10.2. The van der Waals surface area contributed by atoms with Crippen molar-refractivity contribution >= 4 is 17.4 Å². The minimum absolute atomic E-state index is 0.00697. The van der Waals surface area contributed by atoms with Gasteiger partial charge in [-0.25, -0.2) is 13.8 Å². The molecule has 0 saturated heterocycles. The van der Waals surface area contributed by atoms with Crippen LogP contribution in [0.4, 0.5) is 20.3 Å². The fourth-order valence-corrected chi connectivity index (χ4v) is 1.31. The lowest BCUT2D eigenvalue weighted by molar-refractivity contribution is 0.102. The highest BCUT2D eigenvalue weighted by Gasteiger charge is 2.10. The van der Waals surface area contributed by atoms with Crippen LogP contribution in [0.1, 0.15) is 10.4 Å². The summed E-state index contributed by atoms with van der Waals surface area (Å²) in [7, 11) is 0. The van der Waals surface area contributed by atoms with Gasteiger partial charge < -0.3 is 11.1 Å². The van der Waals surface area contributed by atoms with Gasteiger partial charge in [0.15, 0.2) is 11.6 Å². The monoisotopic (exact) mass is 249 g/mol. The predicted octanol–water partition coefficient (Wildman–Crippen LogP) is 2.19. The molecule has 6 heteroatoms. The number of aromatic nitrogens is 1. The number of carbonyl (C=O) groups excluding carboxylic acids is 1. The summed E-state index contributed by atoms with van der Waals surface area (Å²) in [6.07, 6.45) is 1.38. The molecule has 1 amide bonds. The Bertz CT molecular complexity index is 584. The summed E-state index contributed by atoms with van der Waals surface area (Å²) >= 11 is 0. The molecule has 2 aromatic rings. The maximum atomic E-state index is 12.9. The number of nitrogens with zero attached hydrogens (tertiary/aromatic N) is 1. The van der Waals surface area contributed by atoms with Crippen molar-refractivity contribution in [1.29, 1.82) is 0 Å². The number of hydrogen-bond acceptors (Lipinski definition) is 3. The van der Waals surface area contributed by atoms with E-state index >= 15 is 0 Å². The third kappa shape index (κ3) is 2.60. The summed E-state index contributed by atoms with van der Waals surface area (Å²) < 4.78 is 25.6. The largest absolute Gasteiger partial charge is 0.397 e. The number of nitrogen functional groups attached to an aromatic ring is 1. The summed E-state index contributed by atoms with van der Waals surface area (Å²) in [5, 5.41) is 2.44. The van der Waals surface area contributed by atoms with E-state index in [1.807, 2.05) is 0 Å². The van der Waals surface area contributed by atoms with Crippen LogP contribution in [0.3, 0.4) is 0 Å². The Morgan fingerprint density at radius 3 is 2.56 bits per heavy atom. The van der Waals surface area contributed by atoms with E-state index in [0.29, 0.717) is 5.69 Å².